The molecule has 46 heavy (non-hydrogen) atoms. The number of ether oxygens (including phenoxy) is 2. The van der Waals surface area contributed by atoms with Crippen molar-refractivity contribution >= 4 is 77.0 Å². The Hall–Kier alpha value is 0.370. The van der Waals surface area contributed by atoms with Crippen LogP contribution < -0.4 is 5.32 Å². The van der Waals surface area contributed by atoms with Gasteiger partial charge in [0.1, 0.15) is 18.3 Å². The van der Waals surface area contributed by atoms with Gasteiger partial charge in [0.15, 0.2) is 6.10 Å². The SMILES string of the molecule is CCCCCCCCCCCC(=O)OC(=O)CNC.CCCCCCCCCCCCOC(=O)[C@H](O)[C@@H](O)[C@H](O)[C@H](O)CO.[Na].[Na]. The Labute approximate surface area is 322 Å². The minimum atomic E-state index is -1.96. The fourth-order valence-corrected chi connectivity index (χ4v) is 4.45. The third-order valence-electron chi connectivity index (χ3n) is 7.27. The van der Waals surface area contributed by atoms with Crippen LogP contribution in [0.3, 0.4) is 0 Å². The normalized spacial score (nSPS) is 13.1. The quantitative estimate of drug-likeness (QED) is 0.0308. The number of rotatable bonds is 28. The Kier molecular flexibility index (Phi) is 46.0. The molecule has 0 rings (SSSR count). The Morgan fingerprint density at radius 1 is 0.609 bits per heavy atom. The molecule has 11 nitrogen and oxygen atoms in total. The number of hydrogen-bond donors (Lipinski definition) is 6. The Balaban J connectivity index is -0.000000380. The maximum atomic E-state index is 11.6. The van der Waals surface area contributed by atoms with E-state index >= 15 is 0 Å². The molecule has 6 N–H and O–H groups in total. The van der Waals surface area contributed by atoms with Crippen molar-refractivity contribution in [2.75, 3.05) is 26.8 Å². The Morgan fingerprint density at radius 2 is 1.02 bits per heavy atom. The van der Waals surface area contributed by atoms with Crippen LogP contribution in [0.2, 0.25) is 0 Å². The molecule has 0 saturated carbocycles. The van der Waals surface area contributed by atoms with Gasteiger partial charge in [-0.1, -0.05) is 123 Å². The number of carbonyl (C=O) groups excluding carboxylic acids is 3. The predicted octanol–water partition coefficient (Wildman–Crippen LogP) is 3.32. The molecule has 0 spiro atoms. The van der Waals surface area contributed by atoms with Gasteiger partial charge >= 0.3 is 17.9 Å². The summed E-state index contributed by atoms with van der Waals surface area (Å²) < 4.78 is 9.48. The summed E-state index contributed by atoms with van der Waals surface area (Å²) in [5.41, 5.74) is 0. The van der Waals surface area contributed by atoms with Gasteiger partial charge in [0, 0.05) is 65.5 Å². The van der Waals surface area contributed by atoms with Gasteiger partial charge in [0.2, 0.25) is 0 Å². The monoisotopic (exact) mass is 681 g/mol. The smallest absolute Gasteiger partial charge is 0.337 e. The average Bonchev–Trinajstić information content (AvgIpc) is 3.01. The molecule has 13 heteroatoms. The van der Waals surface area contributed by atoms with Crippen LogP contribution in [0.25, 0.3) is 0 Å². The molecule has 0 aliphatic heterocycles. The summed E-state index contributed by atoms with van der Waals surface area (Å²) in [6, 6.07) is 0. The average molecular weight is 682 g/mol. The number of esters is 3. The van der Waals surface area contributed by atoms with Gasteiger partial charge < -0.3 is 40.3 Å². The molecule has 0 fully saturated rings. The standard InChI is InChI=1S/C18H36O7.C15H29NO3.2Na/c1-2-3-4-5-6-7-8-9-10-11-12-25-18(24)17(23)16(22)15(21)14(20)13-19;1-3-4-5-6-7-8-9-10-11-12-14(17)19-15(18)13-16-2;;/h14-17,19-23H,2-13H2,1H3;16H,3-13H2,1-2H3;;/t14-,15-,16+,17-;;;/m1.../s1. The Morgan fingerprint density at radius 3 is 1.43 bits per heavy atom. The fourth-order valence-electron chi connectivity index (χ4n) is 4.45. The number of aliphatic hydroxyl groups is 5. The first-order valence-corrected chi connectivity index (χ1v) is 17.0. The van der Waals surface area contributed by atoms with Crippen molar-refractivity contribution in [1.82, 2.24) is 5.32 Å². The number of carbonyl (C=O) groups is 3. The van der Waals surface area contributed by atoms with Gasteiger partial charge in [0.25, 0.3) is 0 Å². The molecular formula is C33H65NNa2O10. The molecule has 0 heterocycles. The number of aliphatic hydroxyl groups excluding tert-OH is 5. The maximum Gasteiger partial charge on any atom is 0.337 e. The first-order chi connectivity index (χ1) is 21.2. The van der Waals surface area contributed by atoms with Crippen LogP contribution in [0.1, 0.15) is 142 Å². The van der Waals surface area contributed by atoms with Gasteiger partial charge in [-0.3, -0.25) is 9.59 Å². The summed E-state index contributed by atoms with van der Waals surface area (Å²) >= 11 is 0. The zero-order valence-electron chi connectivity index (χ0n) is 29.9. The molecular weight excluding hydrogens is 616 g/mol. The van der Waals surface area contributed by atoms with Gasteiger partial charge in [-0.25, -0.2) is 4.79 Å². The topological polar surface area (TPSA) is 183 Å². The largest absolute Gasteiger partial charge is 0.464 e. The molecule has 0 aliphatic rings. The first kappa shape index (κ1) is 53.2. The van der Waals surface area contributed by atoms with Gasteiger partial charge in [-0.2, -0.15) is 0 Å². The van der Waals surface area contributed by atoms with Crippen LogP contribution in [0.5, 0.6) is 0 Å². The minimum absolute atomic E-state index is 0. The molecule has 0 saturated heterocycles. The van der Waals surface area contributed by atoms with Crippen LogP contribution in [-0.4, -0.2) is 154 Å². The molecule has 264 valence electrons. The van der Waals surface area contributed by atoms with Gasteiger partial charge in [0.05, 0.1) is 19.8 Å². The molecule has 0 aliphatic carbocycles. The second-order valence-corrected chi connectivity index (χ2v) is 11.5. The predicted molar refractivity (Wildman–Crippen MR) is 182 cm³/mol. The molecule has 2 radical (unpaired) electrons. The van der Waals surface area contributed by atoms with E-state index in [-0.39, 0.29) is 72.3 Å². The second-order valence-electron chi connectivity index (χ2n) is 11.5. The van der Waals surface area contributed by atoms with Crippen LogP contribution in [0.15, 0.2) is 0 Å². The summed E-state index contributed by atoms with van der Waals surface area (Å²) in [4.78, 5) is 33.8. The van der Waals surface area contributed by atoms with Crippen molar-refractivity contribution in [2.24, 2.45) is 0 Å². The number of unbranched alkanes of at least 4 members (excludes halogenated alkanes) is 17. The minimum Gasteiger partial charge on any atom is -0.464 e. The van der Waals surface area contributed by atoms with Crippen molar-refractivity contribution in [3.05, 3.63) is 0 Å². The van der Waals surface area contributed by atoms with E-state index in [1.54, 1.807) is 7.05 Å². The molecule has 0 aromatic heterocycles. The number of hydrogen-bond acceptors (Lipinski definition) is 11. The zero-order valence-corrected chi connectivity index (χ0v) is 33.9. The number of likely N-dealkylation sites (N-methyl/N-ethyl adjacent to an activating group) is 1. The Bertz CT molecular complexity index is 691. The first-order valence-electron chi connectivity index (χ1n) is 17.0. The molecule has 0 aromatic carbocycles. The summed E-state index contributed by atoms with van der Waals surface area (Å²) in [7, 11) is 1.65. The molecule has 0 bridgehead atoms. The van der Waals surface area contributed by atoms with Crippen LogP contribution in [-0.2, 0) is 23.9 Å². The van der Waals surface area contributed by atoms with E-state index in [0.717, 1.165) is 32.1 Å². The summed E-state index contributed by atoms with van der Waals surface area (Å²) in [5.74, 6) is -1.95. The van der Waals surface area contributed by atoms with Crippen LogP contribution in [0, 0.1) is 0 Å². The maximum absolute atomic E-state index is 11.6. The van der Waals surface area contributed by atoms with Crippen molar-refractivity contribution in [3.8, 4) is 0 Å². The van der Waals surface area contributed by atoms with E-state index < -0.39 is 48.9 Å². The van der Waals surface area contributed by atoms with Crippen LogP contribution in [0.4, 0.5) is 0 Å². The van der Waals surface area contributed by atoms with Crippen LogP contribution >= 0.6 is 0 Å². The summed E-state index contributed by atoms with van der Waals surface area (Å²) in [6.45, 7) is 3.85. The number of nitrogens with one attached hydrogen (secondary N) is 1. The van der Waals surface area contributed by atoms with Crippen molar-refractivity contribution in [1.29, 1.82) is 0 Å². The third-order valence-corrected chi connectivity index (χ3v) is 7.27. The van der Waals surface area contributed by atoms with E-state index in [1.807, 2.05) is 0 Å². The van der Waals surface area contributed by atoms with E-state index in [1.165, 1.54) is 83.5 Å². The van der Waals surface area contributed by atoms with Gasteiger partial charge in [-0.15, -0.1) is 0 Å². The van der Waals surface area contributed by atoms with E-state index in [9.17, 15) is 34.8 Å². The molecule has 0 aromatic rings. The molecule has 4 atom stereocenters. The van der Waals surface area contributed by atoms with Gasteiger partial charge in [-0.05, 0) is 19.9 Å². The fraction of sp³-hybridized carbons (Fsp3) is 0.909. The van der Waals surface area contributed by atoms with Crippen molar-refractivity contribution < 1.29 is 49.4 Å². The molecule has 0 unspecified atom stereocenters. The zero-order chi connectivity index (χ0) is 33.4. The van der Waals surface area contributed by atoms with Crippen molar-refractivity contribution in [2.45, 2.75) is 167 Å². The summed E-state index contributed by atoms with van der Waals surface area (Å²) in [5, 5.41) is 49.1. The van der Waals surface area contributed by atoms with E-state index in [0.29, 0.717) is 12.8 Å². The van der Waals surface area contributed by atoms with E-state index in [4.69, 9.17) is 9.84 Å². The third kappa shape index (κ3) is 34.2. The second kappa shape index (κ2) is 39.8. The van der Waals surface area contributed by atoms with E-state index in [2.05, 4.69) is 23.9 Å². The summed E-state index contributed by atoms with van der Waals surface area (Å²) in [6.07, 6.45) is 15.4. The van der Waals surface area contributed by atoms with Crippen molar-refractivity contribution in [3.63, 3.8) is 0 Å². The molecule has 0 amide bonds.